The van der Waals surface area contributed by atoms with E-state index in [0.29, 0.717) is 11.7 Å². The van der Waals surface area contributed by atoms with Gasteiger partial charge in [-0.25, -0.2) is 9.78 Å². The highest BCUT2D eigenvalue weighted by Gasteiger charge is 2.31. The zero-order valence-corrected chi connectivity index (χ0v) is 8.06. The zero-order chi connectivity index (χ0) is 10.1. The Bertz CT molecular complexity index is 345. The summed E-state index contributed by atoms with van der Waals surface area (Å²) >= 11 is 0. The fourth-order valence-electron chi connectivity index (χ4n) is 2.21. The molecular weight excluding hydrogens is 182 g/mol. The summed E-state index contributed by atoms with van der Waals surface area (Å²) in [6, 6.07) is 0. The summed E-state index contributed by atoms with van der Waals surface area (Å²) in [5.41, 5.74) is 0.0868. The molecule has 0 aromatic carbocycles. The summed E-state index contributed by atoms with van der Waals surface area (Å²) in [5.74, 6) is 0.306. The van der Waals surface area contributed by atoms with E-state index >= 15 is 0 Å². The van der Waals surface area contributed by atoms with Crippen LogP contribution in [0.5, 0.6) is 0 Å². The van der Waals surface area contributed by atoms with Gasteiger partial charge in [-0.1, -0.05) is 13.3 Å². The van der Waals surface area contributed by atoms with Gasteiger partial charge in [-0.2, -0.15) is 0 Å². The second-order valence-corrected chi connectivity index (χ2v) is 3.89. The molecular formula is C10H13NO3. The molecule has 2 unspecified atom stereocenters. The third kappa shape index (κ3) is 1.41. The average Bonchev–Trinajstić information content (AvgIpc) is 2.70. The van der Waals surface area contributed by atoms with Gasteiger partial charge in [-0.3, -0.25) is 0 Å². The lowest BCUT2D eigenvalue weighted by molar-refractivity contribution is 0.0687. The first-order chi connectivity index (χ1) is 6.70. The highest BCUT2D eigenvalue weighted by atomic mass is 16.4. The largest absolute Gasteiger partial charge is 0.476 e. The summed E-state index contributed by atoms with van der Waals surface area (Å²) in [7, 11) is 0. The molecule has 1 aromatic rings. The minimum Gasteiger partial charge on any atom is -0.476 e. The highest BCUT2D eigenvalue weighted by molar-refractivity contribution is 5.86. The van der Waals surface area contributed by atoms with Crippen molar-refractivity contribution in [1.82, 2.24) is 4.98 Å². The van der Waals surface area contributed by atoms with Crippen molar-refractivity contribution in [3.8, 4) is 0 Å². The van der Waals surface area contributed by atoms with Gasteiger partial charge in [0.05, 0.1) is 0 Å². The van der Waals surface area contributed by atoms with Crippen LogP contribution in [0.4, 0.5) is 0 Å². The molecule has 4 nitrogen and oxygen atoms in total. The number of aromatic nitrogens is 1. The molecule has 0 amide bonds. The Labute approximate surface area is 81.9 Å². The van der Waals surface area contributed by atoms with Crippen LogP contribution >= 0.6 is 0 Å². The fourth-order valence-corrected chi connectivity index (χ4v) is 2.21. The van der Waals surface area contributed by atoms with Gasteiger partial charge in [0.1, 0.15) is 5.76 Å². The van der Waals surface area contributed by atoms with Crippen molar-refractivity contribution < 1.29 is 14.3 Å². The molecule has 76 valence electrons. The van der Waals surface area contributed by atoms with Crippen molar-refractivity contribution in [3.63, 3.8) is 0 Å². The maximum atomic E-state index is 10.8. The van der Waals surface area contributed by atoms with Gasteiger partial charge in [0, 0.05) is 5.92 Å². The number of rotatable bonds is 2. The summed E-state index contributed by atoms with van der Waals surface area (Å²) < 4.78 is 5.19. The number of hydrogen-bond donors (Lipinski definition) is 1. The first-order valence-corrected chi connectivity index (χ1v) is 4.87. The van der Waals surface area contributed by atoms with E-state index in [2.05, 4.69) is 11.9 Å². The smallest absolute Gasteiger partial charge is 0.358 e. The fraction of sp³-hybridized carbons (Fsp3) is 0.600. The monoisotopic (exact) mass is 195 g/mol. The van der Waals surface area contributed by atoms with Crippen LogP contribution in [0.1, 0.15) is 48.4 Å². The Balaban J connectivity index is 2.31. The standard InChI is InChI=1S/C10H13NO3/c1-6-3-2-4-7(6)9-8(10(12)13)11-5-14-9/h5-7H,2-4H2,1H3,(H,12,13). The van der Waals surface area contributed by atoms with E-state index in [1.807, 2.05) is 0 Å². The van der Waals surface area contributed by atoms with Crippen LogP contribution in [0.2, 0.25) is 0 Å². The normalized spacial score (nSPS) is 26.6. The van der Waals surface area contributed by atoms with Gasteiger partial charge in [-0.05, 0) is 18.8 Å². The Kier molecular flexibility index (Phi) is 2.27. The van der Waals surface area contributed by atoms with Crippen molar-refractivity contribution in [1.29, 1.82) is 0 Å². The molecule has 1 aliphatic carbocycles. The zero-order valence-electron chi connectivity index (χ0n) is 8.06. The van der Waals surface area contributed by atoms with E-state index in [0.717, 1.165) is 19.3 Å². The Morgan fingerprint density at radius 2 is 2.43 bits per heavy atom. The summed E-state index contributed by atoms with van der Waals surface area (Å²) in [5, 5.41) is 8.88. The lowest BCUT2D eigenvalue weighted by Gasteiger charge is -2.11. The number of carboxylic acids is 1. The first kappa shape index (κ1) is 9.24. The maximum Gasteiger partial charge on any atom is 0.358 e. The second-order valence-electron chi connectivity index (χ2n) is 3.89. The van der Waals surface area contributed by atoms with Gasteiger partial charge in [0.2, 0.25) is 0 Å². The number of aromatic carboxylic acids is 1. The summed E-state index contributed by atoms with van der Waals surface area (Å²) in [6.45, 7) is 2.13. The van der Waals surface area contributed by atoms with E-state index in [4.69, 9.17) is 9.52 Å². The Morgan fingerprint density at radius 3 is 3.00 bits per heavy atom. The van der Waals surface area contributed by atoms with Crippen molar-refractivity contribution >= 4 is 5.97 Å². The molecule has 0 aliphatic heterocycles. The van der Waals surface area contributed by atoms with Gasteiger partial charge in [0.15, 0.2) is 12.1 Å². The van der Waals surface area contributed by atoms with Crippen LogP contribution in [0, 0.1) is 5.92 Å². The first-order valence-electron chi connectivity index (χ1n) is 4.87. The van der Waals surface area contributed by atoms with E-state index in [1.54, 1.807) is 0 Å². The van der Waals surface area contributed by atoms with Gasteiger partial charge < -0.3 is 9.52 Å². The molecule has 4 heteroatoms. The maximum absolute atomic E-state index is 10.8. The van der Waals surface area contributed by atoms with Gasteiger partial charge in [0.25, 0.3) is 0 Å². The van der Waals surface area contributed by atoms with Crippen molar-refractivity contribution in [2.45, 2.75) is 32.1 Å². The minimum atomic E-state index is -0.993. The topological polar surface area (TPSA) is 63.3 Å². The molecule has 14 heavy (non-hydrogen) atoms. The minimum absolute atomic E-state index is 0.0868. The lowest BCUT2D eigenvalue weighted by atomic mass is 9.94. The highest BCUT2D eigenvalue weighted by Crippen LogP contribution is 2.40. The predicted octanol–water partition coefficient (Wildman–Crippen LogP) is 2.28. The SMILES string of the molecule is CC1CCCC1c1ocnc1C(=O)O. The molecule has 1 saturated carbocycles. The van der Waals surface area contributed by atoms with Gasteiger partial charge >= 0.3 is 5.97 Å². The number of oxazole rings is 1. The van der Waals surface area contributed by atoms with E-state index in [1.165, 1.54) is 6.39 Å². The molecule has 1 heterocycles. The van der Waals surface area contributed by atoms with Crippen molar-refractivity contribution in [3.05, 3.63) is 17.8 Å². The lowest BCUT2D eigenvalue weighted by Crippen LogP contribution is -2.08. The predicted molar refractivity (Wildman–Crippen MR) is 49.2 cm³/mol. The van der Waals surface area contributed by atoms with E-state index in [9.17, 15) is 4.79 Å². The van der Waals surface area contributed by atoms with Crippen molar-refractivity contribution in [2.24, 2.45) is 5.92 Å². The number of hydrogen-bond acceptors (Lipinski definition) is 3. The molecule has 1 fully saturated rings. The van der Waals surface area contributed by atoms with Crippen LogP contribution in [0.15, 0.2) is 10.8 Å². The number of carbonyl (C=O) groups is 1. The molecule has 1 N–H and O–H groups in total. The Hall–Kier alpha value is -1.32. The number of carboxylic acid groups (broad SMARTS) is 1. The quantitative estimate of drug-likeness (QED) is 0.786. The molecule has 2 atom stereocenters. The third-order valence-corrected chi connectivity index (χ3v) is 3.00. The van der Waals surface area contributed by atoms with E-state index < -0.39 is 5.97 Å². The molecule has 1 aromatic heterocycles. The van der Waals surface area contributed by atoms with E-state index in [-0.39, 0.29) is 11.6 Å². The molecule has 2 rings (SSSR count). The number of nitrogens with zero attached hydrogens (tertiary/aromatic N) is 1. The summed E-state index contributed by atoms with van der Waals surface area (Å²) in [4.78, 5) is 14.6. The van der Waals surface area contributed by atoms with Crippen LogP contribution in [-0.2, 0) is 0 Å². The van der Waals surface area contributed by atoms with Crippen LogP contribution in [0.25, 0.3) is 0 Å². The average molecular weight is 195 g/mol. The molecule has 1 aliphatic rings. The molecule has 0 bridgehead atoms. The molecule has 0 saturated heterocycles. The van der Waals surface area contributed by atoms with Gasteiger partial charge in [-0.15, -0.1) is 0 Å². The third-order valence-electron chi connectivity index (χ3n) is 3.00. The van der Waals surface area contributed by atoms with Crippen LogP contribution in [-0.4, -0.2) is 16.1 Å². The second kappa shape index (κ2) is 3.44. The van der Waals surface area contributed by atoms with Crippen molar-refractivity contribution in [2.75, 3.05) is 0 Å². The summed E-state index contributed by atoms with van der Waals surface area (Å²) in [6.07, 6.45) is 4.52. The van der Waals surface area contributed by atoms with Crippen LogP contribution < -0.4 is 0 Å². The molecule has 0 radical (unpaired) electrons. The van der Waals surface area contributed by atoms with Crippen LogP contribution in [0.3, 0.4) is 0 Å². The Morgan fingerprint density at radius 1 is 1.64 bits per heavy atom. The molecule has 0 spiro atoms.